The molecule has 4 heteroatoms. The van der Waals surface area contributed by atoms with Gasteiger partial charge in [-0.15, -0.1) is 0 Å². The van der Waals surface area contributed by atoms with Crippen LogP contribution >= 0.6 is 0 Å². The number of carboxylic acid groups (broad SMARTS) is 1. The van der Waals surface area contributed by atoms with Gasteiger partial charge in [0.25, 0.3) is 0 Å². The van der Waals surface area contributed by atoms with Crippen LogP contribution in [0.15, 0.2) is 24.5 Å². The summed E-state index contributed by atoms with van der Waals surface area (Å²) in [4.78, 5) is 18.0. The third-order valence-corrected chi connectivity index (χ3v) is 4.02. The average Bonchev–Trinajstić information content (AvgIpc) is 2.39. The molecule has 18 heavy (non-hydrogen) atoms. The van der Waals surface area contributed by atoms with Gasteiger partial charge < -0.3 is 5.11 Å². The zero-order valence-corrected chi connectivity index (χ0v) is 11.0. The predicted molar refractivity (Wildman–Crippen MR) is 69.2 cm³/mol. The largest absolute Gasteiger partial charge is 0.480 e. The van der Waals surface area contributed by atoms with Crippen LogP contribution in [0.4, 0.5) is 0 Å². The maximum absolute atomic E-state index is 11.8. The van der Waals surface area contributed by atoms with Gasteiger partial charge in [0.1, 0.15) is 5.54 Å². The van der Waals surface area contributed by atoms with Gasteiger partial charge in [-0.1, -0.05) is 12.5 Å². The molecule has 0 amide bonds. The highest BCUT2D eigenvalue weighted by atomic mass is 16.4. The highest BCUT2D eigenvalue weighted by Gasteiger charge is 2.44. The quantitative estimate of drug-likeness (QED) is 0.891. The third-order valence-electron chi connectivity index (χ3n) is 4.02. The molecule has 0 bridgehead atoms. The lowest BCUT2D eigenvalue weighted by Gasteiger charge is -2.44. The van der Waals surface area contributed by atoms with E-state index in [1.165, 1.54) is 6.42 Å². The molecule has 1 saturated heterocycles. The van der Waals surface area contributed by atoms with E-state index in [1.807, 2.05) is 6.07 Å². The van der Waals surface area contributed by atoms with Crippen LogP contribution in [-0.2, 0) is 10.3 Å². The van der Waals surface area contributed by atoms with Crippen LogP contribution in [0, 0.1) is 0 Å². The molecule has 1 aliphatic rings. The van der Waals surface area contributed by atoms with Crippen molar-refractivity contribution in [1.82, 2.24) is 9.88 Å². The van der Waals surface area contributed by atoms with Gasteiger partial charge in [0, 0.05) is 24.0 Å². The van der Waals surface area contributed by atoms with E-state index in [9.17, 15) is 9.90 Å². The van der Waals surface area contributed by atoms with E-state index < -0.39 is 11.5 Å². The molecule has 0 aliphatic carbocycles. The Hall–Kier alpha value is -1.42. The van der Waals surface area contributed by atoms with E-state index in [2.05, 4.69) is 16.8 Å². The summed E-state index contributed by atoms with van der Waals surface area (Å²) in [5, 5.41) is 9.69. The van der Waals surface area contributed by atoms with Crippen LogP contribution in [0.25, 0.3) is 0 Å². The molecule has 2 atom stereocenters. The van der Waals surface area contributed by atoms with Gasteiger partial charge in [0.05, 0.1) is 0 Å². The van der Waals surface area contributed by atoms with E-state index in [0.717, 1.165) is 24.9 Å². The van der Waals surface area contributed by atoms with Crippen LogP contribution in [0.1, 0.15) is 38.7 Å². The molecule has 1 fully saturated rings. The van der Waals surface area contributed by atoms with Crippen LogP contribution in [-0.4, -0.2) is 33.5 Å². The number of rotatable bonds is 3. The predicted octanol–water partition coefficient (Wildman–Crippen LogP) is 2.26. The second-order valence-electron chi connectivity index (χ2n) is 5.16. The van der Waals surface area contributed by atoms with Crippen LogP contribution < -0.4 is 0 Å². The zero-order valence-electron chi connectivity index (χ0n) is 11.0. The molecule has 1 aromatic rings. The smallest absolute Gasteiger partial charge is 0.328 e. The summed E-state index contributed by atoms with van der Waals surface area (Å²) in [5.74, 6) is -0.802. The maximum atomic E-state index is 11.8. The van der Waals surface area contributed by atoms with Crippen molar-refractivity contribution in [2.75, 3.05) is 6.54 Å². The van der Waals surface area contributed by atoms with Crippen molar-refractivity contribution in [2.24, 2.45) is 0 Å². The van der Waals surface area contributed by atoms with Crippen molar-refractivity contribution in [1.29, 1.82) is 0 Å². The Balaban J connectivity index is 2.41. The van der Waals surface area contributed by atoms with Crippen molar-refractivity contribution < 1.29 is 9.90 Å². The fourth-order valence-corrected chi connectivity index (χ4v) is 2.83. The Kier molecular flexibility index (Phi) is 3.66. The SMILES string of the molecule is CC1CCCCN1C(C)(C(=O)O)c1cccnc1. The second kappa shape index (κ2) is 5.06. The molecular formula is C14H20N2O2. The highest BCUT2D eigenvalue weighted by molar-refractivity contribution is 5.80. The fraction of sp³-hybridized carbons (Fsp3) is 0.571. The number of pyridine rings is 1. The van der Waals surface area contributed by atoms with E-state index in [-0.39, 0.29) is 0 Å². The Labute approximate surface area is 108 Å². The van der Waals surface area contributed by atoms with Crippen LogP contribution in [0.2, 0.25) is 0 Å². The molecule has 2 unspecified atom stereocenters. The van der Waals surface area contributed by atoms with Gasteiger partial charge in [0.15, 0.2) is 0 Å². The van der Waals surface area contributed by atoms with Gasteiger partial charge in [-0.2, -0.15) is 0 Å². The van der Waals surface area contributed by atoms with Crippen LogP contribution in [0.5, 0.6) is 0 Å². The maximum Gasteiger partial charge on any atom is 0.328 e. The molecule has 1 aromatic heterocycles. The number of aliphatic carboxylic acids is 1. The Morgan fingerprint density at radius 2 is 2.33 bits per heavy atom. The number of piperidine rings is 1. The average molecular weight is 248 g/mol. The first-order valence-corrected chi connectivity index (χ1v) is 6.47. The molecule has 2 rings (SSSR count). The monoisotopic (exact) mass is 248 g/mol. The summed E-state index contributed by atoms with van der Waals surface area (Å²) in [5.41, 5.74) is -0.222. The van der Waals surface area contributed by atoms with Crippen molar-refractivity contribution in [3.05, 3.63) is 30.1 Å². The third kappa shape index (κ3) is 2.12. The first kappa shape index (κ1) is 13.0. The first-order valence-electron chi connectivity index (χ1n) is 6.47. The molecule has 4 nitrogen and oxygen atoms in total. The number of hydrogen-bond donors (Lipinski definition) is 1. The van der Waals surface area contributed by atoms with E-state index in [4.69, 9.17) is 0 Å². The summed E-state index contributed by atoms with van der Waals surface area (Å²) in [7, 11) is 0. The van der Waals surface area contributed by atoms with Gasteiger partial charge in [0.2, 0.25) is 0 Å². The van der Waals surface area contributed by atoms with Crippen molar-refractivity contribution >= 4 is 5.97 Å². The normalized spacial score (nSPS) is 24.4. The van der Waals surface area contributed by atoms with Gasteiger partial charge >= 0.3 is 5.97 Å². The zero-order chi connectivity index (χ0) is 13.2. The molecule has 2 heterocycles. The Morgan fingerprint density at radius 1 is 1.56 bits per heavy atom. The number of nitrogens with zero attached hydrogens (tertiary/aromatic N) is 2. The van der Waals surface area contributed by atoms with E-state index in [1.54, 1.807) is 25.4 Å². The van der Waals surface area contributed by atoms with Crippen molar-refractivity contribution in [2.45, 2.75) is 44.7 Å². The lowest BCUT2D eigenvalue weighted by molar-refractivity contribution is -0.154. The number of aromatic nitrogens is 1. The molecule has 1 aliphatic heterocycles. The number of carbonyl (C=O) groups is 1. The Bertz CT molecular complexity index is 421. The topological polar surface area (TPSA) is 53.4 Å². The molecule has 98 valence electrons. The molecule has 0 saturated carbocycles. The lowest BCUT2D eigenvalue weighted by atomic mass is 9.87. The summed E-state index contributed by atoms with van der Waals surface area (Å²) >= 11 is 0. The molecule has 0 spiro atoms. The first-order chi connectivity index (χ1) is 8.56. The fourth-order valence-electron chi connectivity index (χ4n) is 2.83. The number of likely N-dealkylation sites (tertiary alicyclic amines) is 1. The minimum atomic E-state index is -0.978. The molecular weight excluding hydrogens is 228 g/mol. The van der Waals surface area contributed by atoms with Gasteiger partial charge in [-0.3, -0.25) is 9.88 Å². The minimum absolute atomic E-state index is 0.292. The molecule has 1 N–H and O–H groups in total. The number of hydrogen-bond acceptors (Lipinski definition) is 3. The van der Waals surface area contributed by atoms with E-state index >= 15 is 0 Å². The minimum Gasteiger partial charge on any atom is -0.480 e. The van der Waals surface area contributed by atoms with Gasteiger partial charge in [-0.25, -0.2) is 4.79 Å². The molecule has 0 aromatic carbocycles. The van der Waals surface area contributed by atoms with Crippen molar-refractivity contribution in [3.63, 3.8) is 0 Å². The van der Waals surface area contributed by atoms with Crippen LogP contribution in [0.3, 0.4) is 0 Å². The van der Waals surface area contributed by atoms with Gasteiger partial charge in [-0.05, 0) is 39.3 Å². The number of carboxylic acids is 1. The summed E-state index contributed by atoms with van der Waals surface area (Å²) in [6.07, 6.45) is 6.64. The highest BCUT2D eigenvalue weighted by Crippen LogP contribution is 2.33. The summed E-state index contributed by atoms with van der Waals surface area (Å²) in [6, 6.07) is 3.94. The van der Waals surface area contributed by atoms with E-state index in [0.29, 0.717) is 6.04 Å². The molecule has 0 radical (unpaired) electrons. The summed E-state index contributed by atoms with van der Waals surface area (Å²) in [6.45, 7) is 4.73. The standard InChI is InChI=1S/C14H20N2O2/c1-11-6-3-4-9-16(11)14(2,13(17)18)12-7-5-8-15-10-12/h5,7-8,10-11H,3-4,6,9H2,1-2H3,(H,17,18). The Morgan fingerprint density at radius 3 is 2.89 bits per heavy atom. The summed E-state index contributed by atoms with van der Waals surface area (Å²) < 4.78 is 0. The lowest BCUT2D eigenvalue weighted by Crippen LogP contribution is -2.55. The second-order valence-corrected chi connectivity index (χ2v) is 5.16. The van der Waals surface area contributed by atoms with Crippen molar-refractivity contribution in [3.8, 4) is 0 Å².